The van der Waals surface area contributed by atoms with E-state index in [2.05, 4.69) is 48.5 Å². The number of carbonyl (C=O) groups is 2. The highest BCUT2D eigenvalue weighted by molar-refractivity contribution is 5.81. The summed E-state index contributed by atoms with van der Waals surface area (Å²) in [6, 6.07) is 0. The van der Waals surface area contributed by atoms with Crippen LogP contribution in [0, 0.1) is 50.2 Å². The Balaban J connectivity index is 1.40. The molecular weight excluding hydrogens is 464 g/mol. The molecule has 1 saturated heterocycles. The fraction of sp³-hybridized carbons (Fsp3) is 0.938. The Morgan fingerprint density at radius 3 is 2.14 bits per heavy atom. The fourth-order valence-corrected chi connectivity index (χ4v) is 12.4. The molecule has 10 atom stereocenters. The molecule has 37 heavy (non-hydrogen) atoms. The van der Waals surface area contributed by atoms with Crippen LogP contribution < -0.4 is 0 Å². The van der Waals surface area contributed by atoms with Gasteiger partial charge in [0.25, 0.3) is 0 Å². The van der Waals surface area contributed by atoms with Crippen molar-refractivity contribution in [2.75, 3.05) is 0 Å². The van der Waals surface area contributed by atoms with Gasteiger partial charge in [0.1, 0.15) is 12.2 Å². The van der Waals surface area contributed by atoms with Gasteiger partial charge < -0.3 is 14.6 Å². The molecule has 6 aliphatic rings. The number of carbonyl (C=O) groups excluding carboxylic acids is 2. The molecule has 1 N–H and O–H groups in total. The molecule has 6 rings (SSSR count). The average Bonchev–Trinajstić information content (AvgIpc) is 3.05. The molecule has 0 aromatic rings. The second-order valence-electron chi connectivity index (χ2n) is 16.3. The molecule has 6 fully saturated rings. The van der Waals surface area contributed by atoms with Crippen molar-refractivity contribution < 1.29 is 24.2 Å². The number of hydrogen-bond donors (Lipinski definition) is 1. The molecule has 2 bridgehead atoms. The van der Waals surface area contributed by atoms with E-state index in [0.29, 0.717) is 18.3 Å². The van der Waals surface area contributed by atoms with Gasteiger partial charge in [0, 0.05) is 34.5 Å². The van der Waals surface area contributed by atoms with E-state index in [1.807, 2.05) is 0 Å². The van der Waals surface area contributed by atoms with E-state index in [9.17, 15) is 14.7 Å². The van der Waals surface area contributed by atoms with Crippen molar-refractivity contribution >= 4 is 11.9 Å². The number of esters is 2. The normalized spacial score (nSPS) is 55.2. The van der Waals surface area contributed by atoms with Crippen LogP contribution in [0.15, 0.2) is 0 Å². The summed E-state index contributed by atoms with van der Waals surface area (Å²) in [5, 5.41) is 13.1. The molecule has 0 radical (unpaired) electrons. The van der Waals surface area contributed by atoms with E-state index < -0.39 is 11.0 Å². The number of fused-ring (bicyclic) bond motifs is 5. The van der Waals surface area contributed by atoms with Gasteiger partial charge in [-0.2, -0.15) is 0 Å². The van der Waals surface area contributed by atoms with Crippen molar-refractivity contribution in [3.63, 3.8) is 0 Å². The van der Waals surface area contributed by atoms with E-state index in [4.69, 9.17) is 9.47 Å². The smallest absolute Gasteiger partial charge is 0.312 e. The highest BCUT2D eigenvalue weighted by Crippen LogP contribution is 2.79. The summed E-state index contributed by atoms with van der Waals surface area (Å²) >= 11 is 0. The maximum absolute atomic E-state index is 13.5. The monoisotopic (exact) mass is 514 g/mol. The minimum Gasteiger partial charge on any atom is -0.462 e. The first kappa shape index (κ1) is 26.1. The number of rotatable bonds is 1. The summed E-state index contributed by atoms with van der Waals surface area (Å²) in [4.78, 5) is 25.4. The fourth-order valence-electron chi connectivity index (χ4n) is 12.4. The molecule has 1 heterocycles. The van der Waals surface area contributed by atoms with Crippen molar-refractivity contribution in [3.8, 4) is 0 Å². The Hall–Kier alpha value is -1.10. The molecule has 208 valence electrons. The average molecular weight is 515 g/mol. The van der Waals surface area contributed by atoms with Gasteiger partial charge in [-0.15, -0.1) is 0 Å². The number of hydrogen-bond acceptors (Lipinski definition) is 5. The Morgan fingerprint density at radius 1 is 0.838 bits per heavy atom. The van der Waals surface area contributed by atoms with Crippen molar-refractivity contribution in [3.05, 3.63) is 0 Å². The summed E-state index contributed by atoms with van der Waals surface area (Å²) in [5.41, 5.74) is -1.82. The zero-order valence-electron chi connectivity index (χ0n) is 24.5. The van der Waals surface area contributed by atoms with Gasteiger partial charge in [-0.1, -0.05) is 48.5 Å². The Kier molecular flexibility index (Phi) is 5.19. The molecule has 0 aromatic carbocycles. The second-order valence-corrected chi connectivity index (χ2v) is 16.3. The number of aliphatic hydroxyl groups is 1. The van der Waals surface area contributed by atoms with Crippen molar-refractivity contribution in [1.29, 1.82) is 0 Å². The van der Waals surface area contributed by atoms with Crippen LogP contribution in [0.1, 0.15) is 120 Å². The van der Waals surface area contributed by atoms with Crippen molar-refractivity contribution in [1.82, 2.24) is 0 Å². The molecule has 0 aromatic heterocycles. The van der Waals surface area contributed by atoms with E-state index in [1.165, 1.54) is 6.92 Å². The van der Waals surface area contributed by atoms with E-state index >= 15 is 0 Å². The van der Waals surface area contributed by atoms with Gasteiger partial charge >= 0.3 is 11.9 Å². The molecule has 0 amide bonds. The van der Waals surface area contributed by atoms with Gasteiger partial charge in [-0.3, -0.25) is 9.59 Å². The van der Waals surface area contributed by atoms with E-state index in [-0.39, 0.29) is 57.1 Å². The molecule has 5 nitrogen and oxygen atoms in total. The van der Waals surface area contributed by atoms with Gasteiger partial charge in [0.05, 0.1) is 11.0 Å². The van der Waals surface area contributed by atoms with Gasteiger partial charge in [0.15, 0.2) is 0 Å². The van der Waals surface area contributed by atoms with Crippen LogP contribution in [0.2, 0.25) is 0 Å². The predicted octanol–water partition coefficient (Wildman–Crippen LogP) is 6.45. The summed E-state index contributed by atoms with van der Waals surface area (Å²) < 4.78 is 12.1. The second kappa shape index (κ2) is 7.34. The highest BCUT2D eigenvalue weighted by Gasteiger charge is 2.80. The van der Waals surface area contributed by atoms with Crippen LogP contribution >= 0.6 is 0 Å². The van der Waals surface area contributed by atoms with Crippen LogP contribution in [0.4, 0.5) is 0 Å². The standard InChI is InChI=1S/C32H50O5/c1-19(33)36-22-11-12-28(6)20(27(22,4)5)9-13-29(7)21(28)10-14-30(8)23-24-26(2,3)15-16-31(23,25(34)37-24)17-18-32(29,30)35/h20-24,35H,9-18H2,1-8H3/t20-,21+,22+,23+,24-,28-,29+,30+,31-,32+/m0/s1. The Morgan fingerprint density at radius 2 is 1.46 bits per heavy atom. The SMILES string of the molecule is CC(=O)O[C@@H]1CC[C@]2(C)[C@H]3CC[C@]4(C)[C@H]5[C@@H]6OC(=O)[C@@]5(CCC6(C)C)CC[C@@]4(O)[C@]3(C)CC[C@H]2C1(C)C. The molecule has 5 aliphatic carbocycles. The van der Waals surface area contributed by atoms with Crippen LogP contribution in [-0.4, -0.2) is 34.9 Å². The lowest BCUT2D eigenvalue weighted by atomic mass is 9.30. The summed E-state index contributed by atoms with van der Waals surface area (Å²) in [5.74, 6) is 0.797. The highest BCUT2D eigenvalue weighted by atomic mass is 16.6. The quantitative estimate of drug-likeness (QED) is 0.407. The minimum atomic E-state index is -0.818. The third-order valence-electron chi connectivity index (χ3n) is 14.3. The molecule has 5 heteroatoms. The minimum absolute atomic E-state index is 0.0184. The Bertz CT molecular complexity index is 1030. The van der Waals surface area contributed by atoms with Gasteiger partial charge in [0.2, 0.25) is 0 Å². The maximum Gasteiger partial charge on any atom is 0.312 e. The molecule has 0 unspecified atom stereocenters. The first-order valence-electron chi connectivity index (χ1n) is 15.1. The first-order chi connectivity index (χ1) is 17.0. The largest absolute Gasteiger partial charge is 0.462 e. The predicted molar refractivity (Wildman–Crippen MR) is 141 cm³/mol. The van der Waals surface area contributed by atoms with Gasteiger partial charge in [-0.05, 0) is 81.5 Å². The third kappa shape index (κ3) is 2.86. The van der Waals surface area contributed by atoms with E-state index in [1.54, 1.807) is 0 Å². The summed E-state index contributed by atoms with van der Waals surface area (Å²) in [7, 11) is 0. The first-order valence-corrected chi connectivity index (χ1v) is 15.1. The molecule has 1 aliphatic heterocycles. The third-order valence-corrected chi connectivity index (χ3v) is 14.3. The zero-order chi connectivity index (χ0) is 27.0. The van der Waals surface area contributed by atoms with Crippen LogP contribution in [-0.2, 0) is 19.1 Å². The number of ether oxygens (including phenoxy) is 2. The lowest BCUT2D eigenvalue weighted by Gasteiger charge is -2.74. The summed E-state index contributed by atoms with van der Waals surface area (Å²) in [6.45, 7) is 17.9. The summed E-state index contributed by atoms with van der Waals surface area (Å²) in [6.07, 6.45) is 9.26. The van der Waals surface area contributed by atoms with Crippen LogP contribution in [0.3, 0.4) is 0 Å². The van der Waals surface area contributed by atoms with Crippen molar-refractivity contribution in [2.24, 2.45) is 50.2 Å². The van der Waals surface area contributed by atoms with E-state index in [0.717, 1.165) is 57.8 Å². The zero-order valence-corrected chi connectivity index (χ0v) is 24.5. The lowest BCUT2D eigenvalue weighted by molar-refractivity contribution is -0.317. The van der Waals surface area contributed by atoms with Crippen LogP contribution in [0.5, 0.6) is 0 Å². The topological polar surface area (TPSA) is 72.8 Å². The molecular formula is C32H50O5. The van der Waals surface area contributed by atoms with Gasteiger partial charge in [-0.25, -0.2) is 0 Å². The molecule has 0 spiro atoms. The molecule has 5 saturated carbocycles. The Labute approximate surface area is 223 Å². The maximum atomic E-state index is 13.5. The lowest BCUT2D eigenvalue weighted by Crippen LogP contribution is -2.75. The van der Waals surface area contributed by atoms with Crippen LogP contribution in [0.25, 0.3) is 0 Å². The van der Waals surface area contributed by atoms with Crippen molar-refractivity contribution in [2.45, 2.75) is 137 Å².